The quantitative estimate of drug-likeness (QED) is 0.458. The van der Waals surface area contributed by atoms with Crippen LogP contribution in [-0.2, 0) is 20.7 Å². The van der Waals surface area contributed by atoms with Crippen molar-refractivity contribution in [2.75, 3.05) is 7.05 Å². The minimum Gasteiger partial charge on any atom is -0.444 e. The molecule has 2 aromatic rings. The Morgan fingerprint density at radius 2 is 1.62 bits per heavy atom. The Hall–Kier alpha value is -3.35. The molecule has 0 aliphatic heterocycles. The number of hydrogen-bond donors (Lipinski definition) is 2. The van der Waals surface area contributed by atoms with Crippen molar-refractivity contribution in [3.8, 4) is 0 Å². The molecule has 202 valence electrons. The van der Waals surface area contributed by atoms with Gasteiger partial charge in [-0.1, -0.05) is 61.9 Å². The number of carbonyl (C=O) groups excluding carboxylic acids is 3. The van der Waals surface area contributed by atoms with Crippen molar-refractivity contribution in [2.24, 2.45) is 0 Å². The molecule has 2 N–H and O–H groups in total. The van der Waals surface area contributed by atoms with Gasteiger partial charge < -0.3 is 20.3 Å². The minimum atomic E-state index is -0.921. The monoisotopic (exact) mass is 509 g/mol. The molecule has 0 heterocycles. The van der Waals surface area contributed by atoms with Crippen LogP contribution in [0.1, 0.15) is 75.8 Å². The van der Waals surface area contributed by atoms with E-state index in [1.807, 2.05) is 69.3 Å². The van der Waals surface area contributed by atoms with Gasteiger partial charge in [-0.25, -0.2) is 4.79 Å². The first-order chi connectivity index (χ1) is 17.3. The molecule has 7 nitrogen and oxygen atoms in total. The molecular formula is C30H43N3O4. The summed E-state index contributed by atoms with van der Waals surface area (Å²) in [4.78, 5) is 41.7. The van der Waals surface area contributed by atoms with Gasteiger partial charge in [-0.15, -0.1) is 0 Å². The number of carbonyl (C=O) groups is 3. The zero-order valence-electron chi connectivity index (χ0n) is 23.6. The number of aryl methyl sites for hydroxylation is 1. The van der Waals surface area contributed by atoms with Crippen molar-refractivity contribution in [3.05, 3.63) is 70.8 Å². The van der Waals surface area contributed by atoms with Crippen molar-refractivity contribution in [2.45, 2.75) is 91.5 Å². The van der Waals surface area contributed by atoms with Gasteiger partial charge in [0.1, 0.15) is 17.7 Å². The van der Waals surface area contributed by atoms with Gasteiger partial charge >= 0.3 is 6.09 Å². The first-order valence-corrected chi connectivity index (χ1v) is 13.0. The highest BCUT2D eigenvalue weighted by molar-refractivity contribution is 5.92. The molecule has 0 spiro atoms. The molecule has 3 unspecified atom stereocenters. The molecule has 0 aliphatic rings. The Morgan fingerprint density at radius 3 is 2.22 bits per heavy atom. The average molecular weight is 510 g/mol. The molecular weight excluding hydrogens is 466 g/mol. The summed E-state index contributed by atoms with van der Waals surface area (Å²) < 4.78 is 5.44. The van der Waals surface area contributed by atoms with Crippen LogP contribution < -0.4 is 10.6 Å². The molecule has 3 amide bonds. The molecule has 0 radical (unpaired) electrons. The smallest absolute Gasteiger partial charge is 0.408 e. The highest BCUT2D eigenvalue weighted by Crippen LogP contribution is 2.27. The number of nitrogens with zero attached hydrogens (tertiary/aromatic N) is 1. The number of nitrogens with one attached hydrogen (secondary N) is 2. The second-order valence-electron chi connectivity index (χ2n) is 10.7. The molecule has 37 heavy (non-hydrogen) atoms. The van der Waals surface area contributed by atoms with Gasteiger partial charge in [0.15, 0.2) is 0 Å². The van der Waals surface area contributed by atoms with Crippen LogP contribution in [0, 0.1) is 13.8 Å². The maximum Gasteiger partial charge on any atom is 0.408 e. The molecule has 0 bridgehead atoms. The summed E-state index contributed by atoms with van der Waals surface area (Å²) in [6.45, 7) is 13.3. The maximum absolute atomic E-state index is 14.0. The Kier molecular flexibility index (Phi) is 10.7. The fourth-order valence-electron chi connectivity index (χ4n) is 4.30. The SMILES string of the molecule is CCCC(C)NC(=O)C(c1cccc(C)c1C)N(C)C(=O)C(Cc1ccccc1)NC(=O)OC(C)(C)C. The third-order valence-electron chi connectivity index (χ3n) is 6.31. The van der Waals surface area contributed by atoms with E-state index < -0.39 is 23.8 Å². The number of amides is 3. The van der Waals surface area contributed by atoms with Crippen molar-refractivity contribution in [3.63, 3.8) is 0 Å². The molecule has 2 aromatic carbocycles. The first-order valence-electron chi connectivity index (χ1n) is 13.0. The van der Waals surface area contributed by atoms with E-state index in [0.717, 1.165) is 35.1 Å². The third kappa shape index (κ3) is 8.92. The van der Waals surface area contributed by atoms with Crippen LogP contribution in [0.5, 0.6) is 0 Å². The molecule has 0 saturated heterocycles. The zero-order valence-corrected chi connectivity index (χ0v) is 23.6. The maximum atomic E-state index is 14.0. The number of benzene rings is 2. The number of rotatable bonds is 10. The Labute approximate surface area is 222 Å². The summed E-state index contributed by atoms with van der Waals surface area (Å²) in [5.74, 6) is -0.625. The van der Waals surface area contributed by atoms with E-state index in [9.17, 15) is 14.4 Å². The number of hydrogen-bond acceptors (Lipinski definition) is 4. The lowest BCUT2D eigenvalue weighted by atomic mass is 9.94. The van der Waals surface area contributed by atoms with Gasteiger partial charge in [-0.05, 0) is 70.2 Å². The summed E-state index contributed by atoms with van der Waals surface area (Å²) in [5.41, 5.74) is 2.91. The zero-order chi connectivity index (χ0) is 27.8. The summed E-state index contributed by atoms with van der Waals surface area (Å²) in [6.07, 6.45) is 1.35. The van der Waals surface area contributed by atoms with Gasteiger partial charge in [0.25, 0.3) is 0 Å². The fourth-order valence-corrected chi connectivity index (χ4v) is 4.30. The van der Waals surface area contributed by atoms with Gasteiger partial charge in [0.05, 0.1) is 0 Å². The molecule has 0 saturated carbocycles. The van der Waals surface area contributed by atoms with Crippen LogP contribution in [0.3, 0.4) is 0 Å². The largest absolute Gasteiger partial charge is 0.444 e. The van der Waals surface area contributed by atoms with Crippen LogP contribution in [0.4, 0.5) is 4.79 Å². The first kappa shape index (κ1) is 29.9. The summed E-state index contributed by atoms with van der Waals surface area (Å²) in [6, 6.07) is 13.4. The van der Waals surface area contributed by atoms with Crippen LogP contribution in [0.15, 0.2) is 48.5 Å². The highest BCUT2D eigenvalue weighted by atomic mass is 16.6. The predicted molar refractivity (Wildman–Crippen MR) is 147 cm³/mol. The Bertz CT molecular complexity index is 1060. The normalized spacial score (nSPS) is 13.7. The molecule has 2 rings (SSSR count). The van der Waals surface area contributed by atoms with E-state index in [1.54, 1.807) is 27.8 Å². The van der Waals surface area contributed by atoms with E-state index >= 15 is 0 Å². The minimum absolute atomic E-state index is 0.0337. The average Bonchev–Trinajstić information content (AvgIpc) is 2.80. The van der Waals surface area contributed by atoms with Crippen molar-refractivity contribution >= 4 is 17.9 Å². The third-order valence-corrected chi connectivity index (χ3v) is 6.31. The van der Waals surface area contributed by atoms with Crippen molar-refractivity contribution < 1.29 is 19.1 Å². The molecule has 0 aliphatic carbocycles. The predicted octanol–water partition coefficient (Wildman–Crippen LogP) is 5.24. The van der Waals surface area contributed by atoms with Crippen molar-refractivity contribution in [1.82, 2.24) is 15.5 Å². The molecule has 3 atom stereocenters. The molecule has 0 aromatic heterocycles. The van der Waals surface area contributed by atoms with E-state index in [2.05, 4.69) is 17.6 Å². The topological polar surface area (TPSA) is 87.7 Å². The Balaban J connectivity index is 2.45. The van der Waals surface area contributed by atoms with Crippen LogP contribution >= 0.6 is 0 Å². The van der Waals surface area contributed by atoms with E-state index in [0.29, 0.717) is 0 Å². The highest BCUT2D eigenvalue weighted by Gasteiger charge is 2.35. The molecule has 0 fully saturated rings. The van der Waals surface area contributed by atoms with E-state index in [4.69, 9.17) is 4.74 Å². The molecule has 7 heteroatoms. The standard InChI is InChI=1S/C30H43N3O4/c1-9-14-21(3)31-27(34)26(24-18-13-15-20(2)22(24)4)33(8)28(35)25(19-23-16-11-10-12-17-23)32-29(36)37-30(5,6)7/h10-13,15-18,21,25-26H,9,14,19H2,1-8H3,(H,31,34)(H,32,36). The Morgan fingerprint density at radius 1 is 0.973 bits per heavy atom. The summed E-state index contributed by atoms with van der Waals surface area (Å²) >= 11 is 0. The van der Waals surface area contributed by atoms with Crippen molar-refractivity contribution in [1.29, 1.82) is 0 Å². The second-order valence-corrected chi connectivity index (χ2v) is 10.7. The van der Waals surface area contributed by atoms with Gasteiger partial charge in [0, 0.05) is 19.5 Å². The number of ether oxygens (including phenoxy) is 1. The lowest BCUT2D eigenvalue weighted by molar-refractivity contribution is -0.141. The van der Waals surface area contributed by atoms with Crippen LogP contribution in [0.2, 0.25) is 0 Å². The summed E-state index contributed by atoms with van der Waals surface area (Å²) in [7, 11) is 1.62. The van der Waals surface area contributed by atoms with Crippen LogP contribution in [-0.4, -0.2) is 47.5 Å². The van der Waals surface area contributed by atoms with E-state index in [-0.39, 0.29) is 24.3 Å². The second kappa shape index (κ2) is 13.3. The summed E-state index contributed by atoms with van der Waals surface area (Å²) in [5, 5.41) is 5.83. The van der Waals surface area contributed by atoms with Gasteiger partial charge in [-0.3, -0.25) is 9.59 Å². The van der Waals surface area contributed by atoms with Gasteiger partial charge in [-0.2, -0.15) is 0 Å². The van der Waals surface area contributed by atoms with Gasteiger partial charge in [0.2, 0.25) is 11.8 Å². The fraction of sp³-hybridized carbons (Fsp3) is 0.500. The lowest BCUT2D eigenvalue weighted by Gasteiger charge is -2.33. The van der Waals surface area contributed by atoms with Crippen LogP contribution in [0.25, 0.3) is 0 Å². The van der Waals surface area contributed by atoms with E-state index in [1.165, 1.54) is 4.90 Å². The number of likely N-dealkylation sites (N-methyl/N-ethyl adjacent to an activating group) is 1. The lowest BCUT2D eigenvalue weighted by Crippen LogP contribution is -2.53. The number of alkyl carbamates (subject to hydrolysis) is 1.